The summed E-state index contributed by atoms with van der Waals surface area (Å²) >= 11 is 0. The molecule has 1 N–H and O–H groups in total. The topological polar surface area (TPSA) is 148 Å². The van der Waals surface area contributed by atoms with Gasteiger partial charge in [-0.25, -0.2) is 13.4 Å². The Morgan fingerprint density at radius 2 is 1.76 bits per heavy atom. The number of aryl methyl sites for hydroxylation is 2. The van der Waals surface area contributed by atoms with Crippen LogP contribution in [0.3, 0.4) is 0 Å². The molecule has 0 saturated carbocycles. The van der Waals surface area contributed by atoms with Crippen molar-refractivity contribution >= 4 is 16.0 Å². The molecular formula is C23H28N8O5S. The van der Waals surface area contributed by atoms with E-state index in [1.54, 1.807) is 37.6 Å². The van der Waals surface area contributed by atoms with Crippen molar-refractivity contribution in [3.05, 3.63) is 54.4 Å². The summed E-state index contributed by atoms with van der Waals surface area (Å²) in [7, 11) is 2.00. The van der Waals surface area contributed by atoms with Gasteiger partial charge in [-0.2, -0.15) is 5.10 Å². The summed E-state index contributed by atoms with van der Waals surface area (Å²) in [6.07, 6.45) is 3.76. The first-order chi connectivity index (χ1) is 17.7. The van der Waals surface area contributed by atoms with E-state index in [0.717, 1.165) is 5.56 Å². The summed E-state index contributed by atoms with van der Waals surface area (Å²) in [6.45, 7) is 3.41. The van der Waals surface area contributed by atoms with Crippen molar-refractivity contribution in [3.8, 4) is 28.6 Å². The molecule has 0 aliphatic carbocycles. The van der Waals surface area contributed by atoms with Gasteiger partial charge < -0.3 is 14.2 Å². The van der Waals surface area contributed by atoms with Gasteiger partial charge in [0.2, 0.25) is 16.0 Å². The fraction of sp³-hybridized carbons (Fsp3) is 0.348. The summed E-state index contributed by atoms with van der Waals surface area (Å²) in [4.78, 5) is 8.40. The molecule has 3 aromatic heterocycles. The number of benzene rings is 1. The van der Waals surface area contributed by atoms with Crippen LogP contribution in [0.4, 0.5) is 5.95 Å². The fourth-order valence-electron chi connectivity index (χ4n) is 3.93. The highest BCUT2D eigenvalue weighted by atomic mass is 32.2. The lowest BCUT2D eigenvalue weighted by Gasteiger charge is -2.23. The van der Waals surface area contributed by atoms with Crippen LogP contribution in [0.15, 0.2) is 43.0 Å². The van der Waals surface area contributed by atoms with Crippen LogP contribution in [0, 0.1) is 6.92 Å². The maximum absolute atomic E-state index is 13.6. The van der Waals surface area contributed by atoms with Crippen LogP contribution in [0.1, 0.15) is 24.4 Å². The smallest absolute Gasteiger partial charge is 0.243 e. The third kappa shape index (κ3) is 4.97. The van der Waals surface area contributed by atoms with Crippen LogP contribution in [-0.4, -0.2) is 69.5 Å². The number of para-hydroxylation sites is 1. The monoisotopic (exact) mass is 528 g/mol. The Morgan fingerprint density at radius 3 is 2.32 bits per heavy atom. The van der Waals surface area contributed by atoms with E-state index in [0.29, 0.717) is 34.4 Å². The highest BCUT2D eigenvalue weighted by molar-refractivity contribution is 7.93. The zero-order valence-electron chi connectivity index (χ0n) is 21.3. The van der Waals surface area contributed by atoms with Crippen molar-refractivity contribution in [2.75, 3.05) is 26.1 Å². The lowest BCUT2D eigenvalue weighted by Crippen LogP contribution is -2.34. The molecule has 0 radical (unpaired) electrons. The van der Waals surface area contributed by atoms with Crippen LogP contribution in [0.2, 0.25) is 0 Å². The normalized spacial score (nSPS) is 13.2. The summed E-state index contributed by atoms with van der Waals surface area (Å²) in [5.41, 5.74) is 1.92. The minimum atomic E-state index is -4.09. The Labute approximate surface area is 214 Å². The SMILES string of the molecule is COc1cccc(OC)c1-n1c(NS(=O)(=O)[C@@H](C)[C@H](OC)c2ncnn2C)nnc1-c1cncc(C)c1. The molecule has 0 unspecified atom stereocenters. The Kier molecular flexibility index (Phi) is 7.40. The third-order valence-corrected chi connectivity index (χ3v) is 7.52. The van der Waals surface area contributed by atoms with Crippen molar-refractivity contribution < 1.29 is 22.6 Å². The molecule has 0 spiro atoms. The van der Waals surface area contributed by atoms with Gasteiger partial charge >= 0.3 is 0 Å². The first-order valence-electron chi connectivity index (χ1n) is 11.2. The number of methoxy groups -OCH3 is 3. The highest BCUT2D eigenvalue weighted by Gasteiger charge is 2.35. The molecule has 0 aliphatic rings. The average Bonchev–Trinajstić information content (AvgIpc) is 3.49. The van der Waals surface area contributed by atoms with Crippen molar-refractivity contribution in [1.29, 1.82) is 0 Å². The molecule has 0 bridgehead atoms. The number of ether oxygens (including phenoxy) is 3. The van der Waals surface area contributed by atoms with Crippen LogP contribution < -0.4 is 14.2 Å². The Bertz CT molecular complexity index is 1480. The number of sulfonamides is 1. The maximum Gasteiger partial charge on any atom is 0.243 e. The number of rotatable bonds is 10. The molecule has 3 heterocycles. The van der Waals surface area contributed by atoms with Crippen molar-refractivity contribution in [3.63, 3.8) is 0 Å². The van der Waals surface area contributed by atoms with E-state index in [4.69, 9.17) is 14.2 Å². The number of aromatic nitrogens is 7. The van der Waals surface area contributed by atoms with Gasteiger partial charge in [-0.15, -0.1) is 10.2 Å². The van der Waals surface area contributed by atoms with Gasteiger partial charge in [-0.05, 0) is 37.6 Å². The predicted octanol–water partition coefficient (Wildman–Crippen LogP) is 2.30. The second-order valence-corrected chi connectivity index (χ2v) is 10.2. The molecule has 14 heteroatoms. The van der Waals surface area contributed by atoms with Crippen LogP contribution in [0.25, 0.3) is 17.1 Å². The Morgan fingerprint density at radius 1 is 1.05 bits per heavy atom. The van der Waals surface area contributed by atoms with E-state index in [-0.39, 0.29) is 5.95 Å². The molecule has 4 aromatic rings. The zero-order chi connectivity index (χ0) is 26.7. The van der Waals surface area contributed by atoms with E-state index in [1.165, 1.54) is 43.8 Å². The molecule has 1 aromatic carbocycles. The molecule has 0 fully saturated rings. The average molecular weight is 529 g/mol. The standard InChI is InChI=1S/C23H28N8O5S/c1-14-10-16(12-24-11-14)21-27-28-23(31(21)19-17(34-4)8-7-9-18(19)35-5)29-37(32,33)15(2)20(36-6)22-25-13-26-30(22)3/h7-13,15,20H,1-6H3,(H,28,29)/t15-,20-/m0/s1. The fourth-order valence-corrected chi connectivity index (χ4v) is 5.06. The van der Waals surface area contributed by atoms with Gasteiger partial charge in [0.05, 0.1) is 14.2 Å². The largest absolute Gasteiger partial charge is 0.494 e. The van der Waals surface area contributed by atoms with Crippen LogP contribution in [0.5, 0.6) is 11.5 Å². The molecule has 0 aliphatic heterocycles. The van der Waals surface area contributed by atoms with Gasteiger partial charge in [0.15, 0.2) is 11.6 Å². The molecular weight excluding hydrogens is 500 g/mol. The van der Waals surface area contributed by atoms with Gasteiger partial charge in [-0.3, -0.25) is 19.0 Å². The van der Waals surface area contributed by atoms with Crippen molar-refractivity contribution in [1.82, 2.24) is 34.5 Å². The molecule has 2 atom stereocenters. The number of hydrogen-bond donors (Lipinski definition) is 1. The van der Waals surface area contributed by atoms with E-state index in [1.807, 2.05) is 13.0 Å². The van der Waals surface area contributed by atoms with E-state index >= 15 is 0 Å². The van der Waals surface area contributed by atoms with Gasteiger partial charge in [-0.1, -0.05) is 6.07 Å². The van der Waals surface area contributed by atoms with E-state index in [9.17, 15) is 8.42 Å². The van der Waals surface area contributed by atoms with Crippen LogP contribution >= 0.6 is 0 Å². The third-order valence-electron chi connectivity index (χ3n) is 5.83. The predicted molar refractivity (Wildman–Crippen MR) is 135 cm³/mol. The number of pyridine rings is 1. The highest BCUT2D eigenvalue weighted by Crippen LogP contribution is 2.38. The molecule has 4 rings (SSSR count). The summed E-state index contributed by atoms with van der Waals surface area (Å²) in [6, 6.07) is 7.08. The molecule has 37 heavy (non-hydrogen) atoms. The first kappa shape index (κ1) is 26.0. The lowest BCUT2D eigenvalue weighted by atomic mass is 10.2. The second-order valence-electron chi connectivity index (χ2n) is 8.20. The molecule has 0 saturated heterocycles. The van der Waals surface area contributed by atoms with Gasteiger partial charge in [0.25, 0.3) is 0 Å². The van der Waals surface area contributed by atoms with Gasteiger partial charge in [0.1, 0.15) is 34.9 Å². The van der Waals surface area contributed by atoms with E-state index < -0.39 is 21.4 Å². The summed E-state index contributed by atoms with van der Waals surface area (Å²) in [5, 5.41) is 11.4. The lowest BCUT2D eigenvalue weighted by molar-refractivity contribution is 0.0918. The number of nitrogens with zero attached hydrogens (tertiary/aromatic N) is 7. The van der Waals surface area contributed by atoms with Crippen molar-refractivity contribution in [2.45, 2.75) is 25.2 Å². The van der Waals surface area contributed by atoms with E-state index in [2.05, 4.69) is 30.0 Å². The Hall–Kier alpha value is -4.04. The minimum absolute atomic E-state index is 0.0704. The van der Waals surface area contributed by atoms with Gasteiger partial charge in [0, 0.05) is 32.1 Å². The summed E-state index contributed by atoms with van der Waals surface area (Å²) < 4.78 is 49.4. The zero-order valence-corrected chi connectivity index (χ0v) is 22.1. The minimum Gasteiger partial charge on any atom is -0.494 e. The molecule has 0 amide bonds. The number of hydrogen-bond acceptors (Lipinski definition) is 10. The van der Waals surface area contributed by atoms with Crippen LogP contribution in [-0.2, 0) is 21.8 Å². The molecule has 196 valence electrons. The first-order valence-corrected chi connectivity index (χ1v) is 12.7. The van der Waals surface area contributed by atoms with Crippen molar-refractivity contribution in [2.24, 2.45) is 7.05 Å². The number of anilines is 1. The summed E-state index contributed by atoms with van der Waals surface area (Å²) in [5.74, 6) is 1.46. The Balaban J connectivity index is 1.87. The number of nitrogens with one attached hydrogen (secondary N) is 1. The molecule has 13 nitrogen and oxygen atoms in total. The second kappa shape index (κ2) is 10.5. The quantitative estimate of drug-likeness (QED) is 0.325. The maximum atomic E-state index is 13.6.